The van der Waals surface area contributed by atoms with Gasteiger partial charge in [-0.25, -0.2) is 18.5 Å². The Morgan fingerprint density at radius 2 is 2.07 bits per heavy atom. The van der Waals surface area contributed by atoms with E-state index in [2.05, 4.69) is 4.98 Å². The van der Waals surface area contributed by atoms with Gasteiger partial charge in [0.25, 0.3) is 0 Å². The lowest BCUT2D eigenvalue weighted by Crippen LogP contribution is -2.23. The van der Waals surface area contributed by atoms with E-state index in [0.29, 0.717) is 22.8 Å². The van der Waals surface area contributed by atoms with Crippen molar-refractivity contribution in [1.29, 1.82) is 0 Å². The second kappa shape index (κ2) is 7.19. The van der Waals surface area contributed by atoms with E-state index < -0.39 is 15.3 Å². The van der Waals surface area contributed by atoms with Crippen LogP contribution in [-0.4, -0.2) is 33.1 Å². The standard InChI is InChI=1S/C17H16N2O5S3/c1-22-11-4-2-3-10(5-11)16(27(18,20)21)8-25-17-19-12-6-13-14(24-9-23-13)7-15(12)26-17/h2-7,16H,8-9H2,1H3,(H2,18,20,21). The molecule has 3 aromatic rings. The maximum atomic E-state index is 12.1. The molecule has 0 bridgehead atoms. The third-order valence-corrected chi connectivity index (χ3v) is 7.78. The average molecular weight is 425 g/mol. The number of thioether (sulfide) groups is 1. The van der Waals surface area contributed by atoms with E-state index in [4.69, 9.17) is 19.3 Å². The van der Waals surface area contributed by atoms with Crippen LogP contribution in [0.5, 0.6) is 17.2 Å². The number of thiazole rings is 1. The maximum Gasteiger partial charge on any atom is 0.231 e. The summed E-state index contributed by atoms with van der Waals surface area (Å²) in [6, 6.07) is 10.6. The van der Waals surface area contributed by atoms with Crippen LogP contribution < -0.4 is 19.3 Å². The van der Waals surface area contributed by atoms with E-state index in [1.807, 2.05) is 12.1 Å². The Balaban J connectivity index is 1.58. The van der Waals surface area contributed by atoms with Gasteiger partial charge in [0.15, 0.2) is 15.8 Å². The molecule has 4 rings (SSSR count). The normalized spacial score (nSPS) is 14.4. The minimum absolute atomic E-state index is 0.213. The molecular weight excluding hydrogens is 408 g/mol. The van der Waals surface area contributed by atoms with Crippen molar-refractivity contribution >= 4 is 43.3 Å². The molecule has 2 N–H and O–H groups in total. The minimum atomic E-state index is -3.79. The van der Waals surface area contributed by atoms with Gasteiger partial charge in [0.1, 0.15) is 11.0 Å². The third-order valence-electron chi connectivity index (χ3n) is 4.08. The number of ether oxygens (including phenoxy) is 3. The third kappa shape index (κ3) is 3.84. The predicted octanol–water partition coefficient (Wildman–Crippen LogP) is 3.16. The number of hydrogen-bond donors (Lipinski definition) is 1. The Bertz CT molecular complexity index is 1060. The van der Waals surface area contributed by atoms with Crippen LogP contribution in [0.25, 0.3) is 10.2 Å². The fourth-order valence-corrected chi connectivity index (χ4v) is 6.28. The molecule has 2 heterocycles. The molecular formula is C17H16N2O5S3. The SMILES string of the molecule is COc1cccc(C(CSc2nc3cc4c(cc3s2)OCO4)S(N)(=O)=O)c1. The van der Waals surface area contributed by atoms with Crippen molar-refractivity contribution in [3.05, 3.63) is 42.0 Å². The Labute approximate surface area is 164 Å². The molecule has 0 saturated carbocycles. The first-order valence-corrected chi connectivity index (χ1v) is 11.3. The number of nitrogens with two attached hydrogens (primary N) is 1. The van der Waals surface area contributed by atoms with E-state index >= 15 is 0 Å². The van der Waals surface area contributed by atoms with Gasteiger partial charge < -0.3 is 14.2 Å². The van der Waals surface area contributed by atoms with Crippen LogP contribution in [0.3, 0.4) is 0 Å². The number of fused-ring (bicyclic) bond motifs is 2. The van der Waals surface area contributed by atoms with Crippen LogP contribution in [0.15, 0.2) is 40.7 Å². The first-order chi connectivity index (χ1) is 12.9. The molecule has 0 spiro atoms. The Hall–Kier alpha value is -2.01. The van der Waals surface area contributed by atoms with Gasteiger partial charge in [-0.1, -0.05) is 23.9 Å². The number of nitrogens with zero attached hydrogens (tertiary/aromatic N) is 1. The molecule has 10 heteroatoms. The van der Waals surface area contributed by atoms with E-state index in [-0.39, 0.29) is 12.5 Å². The molecule has 7 nitrogen and oxygen atoms in total. The van der Waals surface area contributed by atoms with Gasteiger partial charge in [-0.15, -0.1) is 11.3 Å². The second-order valence-corrected chi connectivity index (χ2v) is 9.86. The predicted molar refractivity (Wildman–Crippen MR) is 105 cm³/mol. The maximum absolute atomic E-state index is 12.1. The summed E-state index contributed by atoms with van der Waals surface area (Å²) in [4.78, 5) is 4.56. The van der Waals surface area contributed by atoms with Crippen LogP contribution >= 0.6 is 23.1 Å². The number of rotatable bonds is 6. The highest BCUT2D eigenvalue weighted by molar-refractivity contribution is 8.02. The molecule has 27 heavy (non-hydrogen) atoms. The highest BCUT2D eigenvalue weighted by Crippen LogP contribution is 2.40. The molecule has 1 unspecified atom stereocenters. The van der Waals surface area contributed by atoms with Gasteiger partial charge >= 0.3 is 0 Å². The number of benzene rings is 2. The second-order valence-electron chi connectivity index (χ2n) is 5.82. The average Bonchev–Trinajstić information content (AvgIpc) is 3.24. The van der Waals surface area contributed by atoms with Crippen molar-refractivity contribution in [2.45, 2.75) is 9.59 Å². The largest absolute Gasteiger partial charge is 0.497 e. The lowest BCUT2D eigenvalue weighted by molar-refractivity contribution is 0.174. The quantitative estimate of drug-likeness (QED) is 0.607. The molecule has 1 atom stereocenters. The van der Waals surface area contributed by atoms with Gasteiger partial charge in [0.05, 0.1) is 17.3 Å². The Morgan fingerprint density at radius 3 is 2.81 bits per heavy atom. The lowest BCUT2D eigenvalue weighted by Gasteiger charge is -2.15. The molecule has 1 aliphatic rings. The monoisotopic (exact) mass is 424 g/mol. The van der Waals surface area contributed by atoms with E-state index in [1.165, 1.54) is 30.2 Å². The summed E-state index contributed by atoms with van der Waals surface area (Å²) in [5.74, 6) is 2.20. The van der Waals surface area contributed by atoms with E-state index in [1.54, 1.807) is 24.3 Å². The minimum Gasteiger partial charge on any atom is -0.497 e. The first kappa shape index (κ1) is 18.4. The van der Waals surface area contributed by atoms with Crippen molar-refractivity contribution < 1.29 is 22.6 Å². The number of sulfonamides is 1. The van der Waals surface area contributed by atoms with Gasteiger partial charge in [-0.3, -0.25) is 0 Å². The topological polar surface area (TPSA) is 101 Å². The van der Waals surface area contributed by atoms with Crippen molar-refractivity contribution in [3.8, 4) is 17.2 Å². The summed E-state index contributed by atoms with van der Waals surface area (Å²) < 4.78 is 41.9. The summed E-state index contributed by atoms with van der Waals surface area (Å²) >= 11 is 2.83. The number of aromatic nitrogens is 1. The zero-order chi connectivity index (χ0) is 19.0. The van der Waals surface area contributed by atoms with Crippen LogP contribution in [0.2, 0.25) is 0 Å². The van der Waals surface area contributed by atoms with Crippen molar-refractivity contribution in [2.75, 3.05) is 19.7 Å². The van der Waals surface area contributed by atoms with Crippen molar-refractivity contribution in [1.82, 2.24) is 4.98 Å². The van der Waals surface area contributed by atoms with Gasteiger partial charge in [0, 0.05) is 17.9 Å². The summed E-state index contributed by atoms with van der Waals surface area (Å²) in [6.07, 6.45) is 0. The number of hydrogen-bond acceptors (Lipinski definition) is 8. The molecule has 0 aliphatic carbocycles. The fourth-order valence-electron chi connectivity index (χ4n) is 2.73. The molecule has 0 amide bonds. The summed E-state index contributed by atoms with van der Waals surface area (Å²) in [5.41, 5.74) is 1.38. The van der Waals surface area contributed by atoms with Gasteiger partial charge in [0.2, 0.25) is 16.8 Å². The van der Waals surface area contributed by atoms with E-state index in [9.17, 15) is 8.42 Å². The zero-order valence-corrected chi connectivity index (χ0v) is 16.7. The van der Waals surface area contributed by atoms with Crippen molar-refractivity contribution in [3.63, 3.8) is 0 Å². The first-order valence-electron chi connectivity index (χ1n) is 7.92. The van der Waals surface area contributed by atoms with Crippen molar-refractivity contribution in [2.24, 2.45) is 5.14 Å². The van der Waals surface area contributed by atoms with Crippen LogP contribution in [0.4, 0.5) is 0 Å². The molecule has 2 aromatic carbocycles. The molecule has 142 valence electrons. The number of methoxy groups -OCH3 is 1. The number of primary sulfonamides is 1. The smallest absolute Gasteiger partial charge is 0.231 e. The summed E-state index contributed by atoms with van der Waals surface area (Å²) in [7, 11) is -2.26. The van der Waals surface area contributed by atoms with Gasteiger partial charge in [-0.05, 0) is 17.7 Å². The van der Waals surface area contributed by atoms with Crippen LogP contribution in [0, 0.1) is 0 Å². The molecule has 1 aliphatic heterocycles. The van der Waals surface area contributed by atoms with E-state index in [0.717, 1.165) is 14.6 Å². The Kier molecular flexibility index (Phi) is 4.89. The fraction of sp³-hybridized carbons (Fsp3) is 0.235. The molecule has 1 aromatic heterocycles. The van der Waals surface area contributed by atoms with Crippen LogP contribution in [-0.2, 0) is 10.0 Å². The highest BCUT2D eigenvalue weighted by Gasteiger charge is 2.25. The molecule has 0 fully saturated rings. The Morgan fingerprint density at radius 1 is 1.30 bits per heavy atom. The summed E-state index contributed by atoms with van der Waals surface area (Å²) in [6.45, 7) is 0.213. The molecule has 0 saturated heterocycles. The van der Waals surface area contributed by atoms with Gasteiger partial charge in [-0.2, -0.15) is 0 Å². The highest BCUT2D eigenvalue weighted by atomic mass is 32.2. The zero-order valence-electron chi connectivity index (χ0n) is 14.2. The van der Waals surface area contributed by atoms with Crippen LogP contribution in [0.1, 0.15) is 10.8 Å². The summed E-state index contributed by atoms with van der Waals surface area (Å²) in [5, 5.41) is 4.62. The lowest BCUT2D eigenvalue weighted by atomic mass is 10.1. The molecule has 0 radical (unpaired) electrons.